The number of piperidine rings is 1. The molecule has 7 nitrogen and oxygen atoms in total. The zero-order valence-electron chi connectivity index (χ0n) is 16.7. The van der Waals surface area contributed by atoms with Crippen molar-refractivity contribution in [1.82, 2.24) is 15.1 Å². The van der Waals surface area contributed by atoms with E-state index < -0.39 is 0 Å². The molecule has 1 N–H and O–H groups in total. The molecule has 1 atom stereocenters. The van der Waals surface area contributed by atoms with Crippen molar-refractivity contribution in [2.24, 2.45) is 11.8 Å². The largest absolute Gasteiger partial charge is 0.449 e. The summed E-state index contributed by atoms with van der Waals surface area (Å²) in [4.78, 5) is 40.3. The smallest absolute Gasteiger partial charge is 0.407 e. The van der Waals surface area contributed by atoms with Gasteiger partial charge in [-0.25, -0.2) is 4.79 Å². The number of carbonyl (C=O) groups excluding carboxylic acids is 3. The fourth-order valence-corrected chi connectivity index (χ4v) is 3.47. The van der Waals surface area contributed by atoms with Crippen molar-refractivity contribution in [2.75, 3.05) is 26.2 Å². The number of nitrogens with zero attached hydrogens (tertiary/aromatic N) is 2. The molecule has 0 saturated carbocycles. The summed E-state index contributed by atoms with van der Waals surface area (Å²) < 4.78 is 5.14. The molecular weight excluding hydrogens is 334 g/mol. The Hall–Kier alpha value is -1.79. The highest BCUT2D eigenvalue weighted by Gasteiger charge is 2.41. The van der Waals surface area contributed by atoms with Crippen LogP contribution in [0.1, 0.15) is 53.9 Å². The van der Waals surface area contributed by atoms with Crippen molar-refractivity contribution in [3.8, 4) is 0 Å². The average Bonchev–Trinajstić information content (AvgIpc) is 2.95. The van der Waals surface area contributed by atoms with Gasteiger partial charge >= 0.3 is 6.09 Å². The highest BCUT2D eigenvalue weighted by atomic mass is 16.5. The Kier molecular flexibility index (Phi) is 6.53. The third-order valence-corrected chi connectivity index (χ3v) is 4.96. The maximum Gasteiger partial charge on any atom is 0.407 e. The number of amides is 3. The van der Waals surface area contributed by atoms with Crippen molar-refractivity contribution < 1.29 is 19.1 Å². The quantitative estimate of drug-likeness (QED) is 0.824. The highest BCUT2D eigenvalue weighted by Crippen LogP contribution is 2.27. The van der Waals surface area contributed by atoms with E-state index in [4.69, 9.17) is 4.74 Å². The second-order valence-corrected chi connectivity index (χ2v) is 8.81. The molecule has 26 heavy (non-hydrogen) atoms. The monoisotopic (exact) mass is 367 g/mol. The highest BCUT2D eigenvalue weighted by molar-refractivity contribution is 5.89. The normalized spacial score (nSPS) is 22.1. The SMILES string of the molecule is CC(C)COC(=O)NC1CCN(C(=O)C2CC(=O)N(C(C)(C)C)C2)CC1. The lowest BCUT2D eigenvalue weighted by atomic mass is 10.0. The van der Waals surface area contributed by atoms with Crippen LogP contribution < -0.4 is 5.32 Å². The van der Waals surface area contributed by atoms with E-state index in [0.717, 1.165) is 0 Å². The third kappa shape index (κ3) is 5.35. The molecule has 0 aromatic carbocycles. The zero-order chi connectivity index (χ0) is 19.5. The first kappa shape index (κ1) is 20.5. The maximum absolute atomic E-state index is 12.8. The van der Waals surface area contributed by atoms with E-state index in [1.807, 2.05) is 39.5 Å². The molecule has 0 aromatic rings. The van der Waals surface area contributed by atoms with Crippen LogP contribution in [0.25, 0.3) is 0 Å². The van der Waals surface area contributed by atoms with Gasteiger partial charge in [0.15, 0.2) is 0 Å². The van der Waals surface area contributed by atoms with Crippen molar-refractivity contribution >= 4 is 17.9 Å². The first-order chi connectivity index (χ1) is 12.1. The molecule has 0 aliphatic carbocycles. The van der Waals surface area contributed by atoms with Crippen LogP contribution in [0.4, 0.5) is 4.79 Å². The van der Waals surface area contributed by atoms with Crippen molar-refractivity contribution in [2.45, 2.75) is 65.5 Å². The van der Waals surface area contributed by atoms with Crippen LogP contribution in [0, 0.1) is 11.8 Å². The van der Waals surface area contributed by atoms with Crippen LogP contribution in [0.2, 0.25) is 0 Å². The number of ether oxygens (including phenoxy) is 1. The minimum absolute atomic E-state index is 0.0370. The van der Waals surface area contributed by atoms with Crippen LogP contribution in [-0.2, 0) is 14.3 Å². The van der Waals surface area contributed by atoms with Crippen LogP contribution in [0.5, 0.6) is 0 Å². The number of nitrogens with one attached hydrogen (secondary N) is 1. The molecule has 2 aliphatic rings. The lowest BCUT2D eigenvalue weighted by molar-refractivity contribution is -0.136. The molecule has 0 spiro atoms. The van der Waals surface area contributed by atoms with E-state index in [1.165, 1.54) is 0 Å². The summed E-state index contributed by atoms with van der Waals surface area (Å²) in [6.07, 6.45) is 1.35. The predicted octanol–water partition coefficient (Wildman–Crippen LogP) is 2.01. The van der Waals surface area contributed by atoms with Crippen LogP contribution in [-0.4, -0.2) is 65.5 Å². The van der Waals surface area contributed by atoms with E-state index in [1.54, 1.807) is 4.90 Å². The van der Waals surface area contributed by atoms with Gasteiger partial charge < -0.3 is 19.9 Å². The maximum atomic E-state index is 12.8. The topological polar surface area (TPSA) is 79.0 Å². The summed E-state index contributed by atoms with van der Waals surface area (Å²) in [5, 5.41) is 2.88. The van der Waals surface area contributed by atoms with Gasteiger partial charge in [-0.2, -0.15) is 0 Å². The first-order valence-corrected chi connectivity index (χ1v) is 9.60. The van der Waals surface area contributed by atoms with Gasteiger partial charge in [-0.15, -0.1) is 0 Å². The average molecular weight is 367 g/mol. The molecule has 2 saturated heterocycles. The van der Waals surface area contributed by atoms with E-state index in [-0.39, 0.29) is 35.4 Å². The van der Waals surface area contributed by atoms with E-state index in [9.17, 15) is 14.4 Å². The fraction of sp³-hybridized carbons (Fsp3) is 0.842. The van der Waals surface area contributed by atoms with Crippen LogP contribution >= 0.6 is 0 Å². The Labute approximate surface area is 156 Å². The molecule has 0 bridgehead atoms. The molecule has 2 heterocycles. The van der Waals surface area contributed by atoms with Gasteiger partial charge in [0.25, 0.3) is 0 Å². The number of carbonyl (C=O) groups is 3. The zero-order valence-corrected chi connectivity index (χ0v) is 16.7. The van der Waals surface area contributed by atoms with Crippen LogP contribution in [0.3, 0.4) is 0 Å². The molecular formula is C19H33N3O4. The van der Waals surface area contributed by atoms with Crippen molar-refractivity contribution in [3.63, 3.8) is 0 Å². The van der Waals surface area contributed by atoms with Gasteiger partial charge in [0.1, 0.15) is 0 Å². The van der Waals surface area contributed by atoms with Gasteiger partial charge in [-0.3, -0.25) is 9.59 Å². The minimum atomic E-state index is -0.384. The first-order valence-electron chi connectivity index (χ1n) is 9.60. The van der Waals surface area contributed by atoms with E-state index in [2.05, 4.69) is 5.32 Å². The third-order valence-electron chi connectivity index (χ3n) is 4.96. The molecule has 148 valence electrons. The second-order valence-electron chi connectivity index (χ2n) is 8.81. The number of hydrogen-bond acceptors (Lipinski definition) is 4. The molecule has 0 radical (unpaired) electrons. The fourth-order valence-electron chi connectivity index (χ4n) is 3.47. The summed E-state index contributed by atoms with van der Waals surface area (Å²) in [5.41, 5.74) is -0.251. The molecule has 1 unspecified atom stereocenters. The minimum Gasteiger partial charge on any atom is -0.449 e. The Balaban J connectivity index is 1.78. The summed E-state index contributed by atoms with van der Waals surface area (Å²) in [6, 6.07) is 0.0370. The van der Waals surface area contributed by atoms with Gasteiger partial charge in [0, 0.05) is 37.6 Å². The Bertz CT molecular complexity index is 533. The van der Waals surface area contributed by atoms with Gasteiger partial charge in [-0.05, 0) is 39.5 Å². The number of alkyl carbamates (subject to hydrolysis) is 1. The lowest BCUT2D eigenvalue weighted by Gasteiger charge is -2.34. The van der Waals surface area contributed by atoms with Gasteiger partial charge in [0.05, 0.1) is 12.5 Å². The van der Waals surface area contributed by atoms with Gasteiger partial charge in [0.2, 0.25) is 11.8 Å². The molecule has 7 heteroatoms. The summed E-state index contributed by atoms with van der Waals surface area (Å²) in [6.45, 7) is 12.1. The molecule has 2 rings (SSSR count). The lowest BCUT2D eigenvalue weighted by Crippen LogP contribution is -2.49. The van der Waals surface area contributed by atoms with Crippen molar-refractivity contribution in [1.29, 1.82) is 0 Å². The van der Waals surface area contributed by atoms with Crippen LogP contribution in [0.15, 0.2) is 0 Å². The summed E-state index contributed by atoms with van der Waals surface area (Å²) >= 11 is 0. The summed E-state index contributed by atoms with van der Waals surface area (Å²) in [5.74, 6) is 0.176. The standard InChI is InChI=1S/C19H33N3O4/c1-13(2)12-26-18(25)20-15-6-8-21(9-7-15)17(24)14-10-16(23)22(11-14)19(3,4)5/h13-15H,6-12H2,1-5H3,(H,20,25). The molecule has 2 fully saturated rings. The number of likely N-dealkylation sites (tertiary alicyclic amines) is 2. The number of rotatable bonds is 4. The predicted molar refractivity (Wildman–Crippen MR) is 98.5 cm³/mol. The Morgan fingerprint density at radius 1 is 1.23 bits per heavy atom. The second kappa shape index (κ2) is 8.27. The summed E-state index contributed by atoms with van der Waals surface area (Å²) in [7, 11) is 0. The number of hydrogen-bond donors (Lipinski definition) is 1. The Morgan fingerprint density at radius 2 is 1.85 bits per heavy atom. The molecule has 3 amide bonds. The van der Waals surface area contributed by atoms with Gasteiger partial charge in [-0.1, -0.05) is 13.8 Å². The molecule has 2 aliphatic heterocycles. The Morgan fingerprint density at radius 3 is 2.35 bits per heavy atom. The van der Waals surface area contributed by atoms with E-state index >= 15 is 0 Å². The van der Waals surface area contributed by atoms with Crippen molar-refractivity contribution in [3.05, 3.63) is 0 Å². The molecule has 0 aromatic heterocycles. The van der Waals surface area contributed by atoms with E-state index in [0.29, 0.717) is 51.4 Å².